The van der Waals surface area contributed by atoms with Crippen LogP contribution in [0.2, 0.25) is 0 Å². The predicted molar refractivity (Wildman–Crippen MR) is 600 cm³/mol. The SMILES string of the molecule is CC1(C)c2ccccc2-c2ccc(-c3c4ccccc4c(-c4ccc(C#N)cc4)c4ccc(-c5cccc6ccccc56)cc34)cc21.CC1(C)c2ccccc2-c2ccc(-c3c4ccccc4c(/C=C/c4ccccc4)c4ccc(-c5cccc6ccccc56)cc34)cc21.CC1(C)c2ccccc2-c2ccc(-c3c4ccccc4c(C#Cc4ccccc4)c4ccc(-c5cccc6ccccc56)cc34)cc21. The average Bonchev–Trinajstić information content (AvgIpc) is 1.59. The molecule has 0 bridgehead atoms. The second-order valence-corrected chi connectivity index (χ2v) is 39.6. The number of benzene rings is 24. The van der Waals surface area contributed by atoms with Crippen LogP contribution in [0.5, 0.6) is 0 Å². The summed E-state index contributed by atoms with van der Waals surface area (Å²) in [6.07, 6.45) is 4.55. The summed E-state index contributed by atoms with van der Waals surface area (Å²) in [5, 5.41) is 31.8. The lowest BCUT2D eigenvalue weighted by Gasteiger charge is -2.23. The normalized spacial score (nSPS) is 13.1. The largest absolute Gasteiger partial charge is 0.192 e. The van der Waals surface area contributed by atoms with E-state index in [0.29, 0.717) is 5.56 Å². The minimum absolute atomic E-state index is 0.0694. The smallest absolute Gasteiger partial charge is 0.0991 e. The molecule has 0 fully saturated rings. The summed E-state index contributed by atoms with van der Waals surface area (Å²) in [5.74, 6) is 7.11. The van der Waals surface area contributed by atoms with Crippen LogP contribution in [-0.2, 0) is 16.2 Å². The molecule has 1 heteroatoms. The van der Waals surface area contributed by atoms with Gasteiger partial charge in [-0.25, -0.2) is 0 Å². The maximum Gasteiger partial charge on any atom is 0.0991 e. The molecule has 27 rings (SSSR count). The van der Waals surface area contributed by atoms with Crippen molar-refractivity contribution in [1.82, 2.24) is 0 Å². The lowest BCUT2D eigenvalue weighted by molar-refractivity contribution is 0.660. The molecule has 0 amide bonds. The number of hydrogen-bond acceptors (Lipinski definition) is 1. The van der Waals surface area contributed by atoms with Crippen molar-refractivity contribution >= 4 is 109 Å². The lowest BCUT2D eigenvalue weighted by atomic mass is 9.80. The molecule has 0 radical (unpaired) electrons. The molecule has 3 aliphatic rings. The summed E-state index contributed by atoms with van der Waals surface area (Å²) in [5.41, 5.74) is 38.6. The van der Waals surface area contributed by atoms with Gasteiger partial charge in [0.15, 0.2) is 0 Å². The van der Waals surface area contributed by atoms with E-state index in [9.17, 15) is 5.26 Å². The predicted octanol–water partition coefficient (Wildman–Crippen LogP) is 37.5. The van der Waals surface area contributed by atoms with Crippen LogP contribution >= 0.6 is 0 Å². The van der Waals surface area contributed by atoms with Gasteiger partial charge in [0.1, 0.15) is 0 Å². The average molecular weight is 1790 g/mol. The first-order valence-corrected chi connectivity index (χ1v) is 49.1. The van der Waals surface area contributed by atoms with E-state index in [0.717, 1.165) is 16.7 Å². The van der Waals surface area contributed by atoms with E-state index in [4.69, 9.17) is 0 Å². The Morgan fingerprint density at radius 3 is 0.908 bits per heavy atom. The topological polar surface area (TPSA) is 23.8 Å². The molecule has 0 saturated carbocycles. The van der Waals surface area contributed by atoms with E-state index in [1.807, 2.05) is 30.3 Å². The molecule has 24 aromatic rings. The number of hydrogen-bond donors (Lipinski definition) is 0. The van der Waals surface area contributed by atoms with E-state index in [1.54, 1.807) is 0 Å². The van der Waals surface area contributed by atoms with Crippen molar-refractivity contribution in [2.45, 2.75) is 57.8 Å². The van der Waals surface area contributed by atoms with Crippen LogP contribution in [0.4, 0.5) is 0 Å². The quantitative estimate of drug-likeness (QED) is 0.0803. The van der Waals surface area contributed by atoms with Gasteiger partial charge < -0.3 is 0 Å². The Morgan fingerprint density at radius 2 is 0.468 bits per heavy atom. The molecule has 662 valence electrons. The minimum atomic E-state index is -0.0932. The van der Waals surface area contributed by atoms with E-state index < -0.39 is 0 Å². The fourth-order valence-corrected chi connectivity index (χ4v) is 23.8. The van der Waals surface area contributed by atoms with Gasteiger partial charge in [-0.2, -0.15) is 5.26 Å². The molecule has 0 aromatic heterocycles. The van der Waals surface area contributed by atoms with Gasteiger partial charge in [-0.1, -0.05) is 472 Å². The van der Waals surface area contributed by atoms with Gasteiger partial charge in [0.2, 0.25) is 0 Å². The van der Waals surface area contributed by atoms with Crippen molar-refractivity contribution < 1.29 is 0 Å². The zero-order valence-electron chi connectivity index (χ0n) is 79.6. The molecule has 141 heavy (non-hydrogen) atoms. The van der Waals surface area contributed by atoms with Crippen LogP contribution in [0.15, 0.2) is 467 Å². The molecule has 1 nitrogen and oxygen atoms in total. The molecule has 0 heterocycles. The van der Waals surface area contributed by atoms with Gasteiger partial charge in [0, 0.05) is 27.4 Å². The van der Waals surface area contributed by atoms with Crippen LogP contribution in [0, 0.1) is 23.2 Å². The molecule has 0 saturated heterocycles. The third kappa shape index (κ3) is 14.4. The highest BCUT2D eigenvalue weighted by Gasteiger charge is 2.39. The van der Waals surface area contributed by atoms with Crippen molar-refractivity contribution in [3.8, 4) is 129 Å². The summed E-state index contributed by atoms with van der Waals surface area (Å²) >= 11 is 0. The highest BCUT2D eigenvalue weighted by Crippen LogP contribution is 2.57. The van der Waals surface area contributed by atoms with E-state index >= 15 is 0 Å². The maximum absolute atomic E-state index is 9.53. The number of nitriles is 1. The molecular weight excluding hydrogens is 1700 g/mol. The van der Waals surface area contributed by atoms with Gasteiger partial charge in [0.25, 0.3) is 0 Å². The molecule has 0 N–H and O–H groups in total. The second-order valence-electron chi connectivity index (χ2n) is 39.6. The van der Waals surface area contributed by atoms with Gasteiger partial charge in [0.05, 0.1) is 11.6 Å². The second kappa shape index (κ2) is 34.3. The zero-order valence-corrected chi connectivity index (χ0v) is 79.6. The first-order valence-electron chi connectivity index (χ1n) is 49.1. The summed E-state index contributed by atoms with van der Waals surface area (Å²) in [6.45, 7) is 14.2. The number of nitrogens with zero attached hydrogens (tertiary/aromatic N) is 1. The molecular formula is C140H97N. The summed E-state index contributed by atoms with van der Waals surface area (Å²) in [6, 6.07) is 173. The van der Waals surface area contributed by atoms with E-state index in [2.05, 4.69) is 508 Å². The maximum atomic E-state index is 9.53. The molecule has 0 aliphatic heterocycles. The minimum Gasteiger partial charge on any atom is -0.192 e. The summed E-state index contributed by atoms with van der Waals surface area (Å²) < 4.78 is 0. The highest BCUT2D eigenvalue weighted by atomic mass is 14.4. The number of fused-ring (bicyclic) bond motifs is 18. The fourth-order valence-electron chi connectivity index (χ4n) is 23.8. The molecule has 24 aromatic carbocycles. The third-order valence-electron chi connectivity index (χ3n) is 30.7. The molecule has 0 atom stereocenters. The van der Waals surface area contributed by atoms with Crippen molar-refractivity contribution in [3.63, 3.8) is 0 Å². The first kappa shape index (κ1) is 85.1. The monoisotopic (exact) mass is 1790 g/mol. The van der Waals surface area contributed by atoms with Crippen LogP contribution in [-0.4, -0.2) is 0 Å². The molecule has 3 aliphatic carbocycles. The van der Waals surface area contributed by atoms with Gasteiger partial charge >= 0.3 is 0 Å². The van der Waals surface area contributed by atoms with E-state index in [1.165, 1.54) is 247 Å². The van der Waals surface area contributed by atoms with Gasteiger partial charge in [-0.15, -0.1) is 0 Å². The fraction of sp³-hybridized carbons (Fsp3) is 0.0643. The van der Waals surface area contributed by atoms with Crippen molar-refractivity contribution in [1.29, 1.82) is 5.26 Å². The zero-order chi connectivity index (χ0) is 94.8. The Balaban J connectivity index is 0.000000111. The van der Waals surface area contributed by atoms with Gasteiger partial charge in [-0.3, -0.25) is 0 Å². The lowest BCUT2D eigenvalue weighted by Crippen LogP contribution is -2.14. The Morgan fingerprint density at radius 1 is 0.184 bits per heavy atom. The van der Waals surface area contributed by atoms with Crippen molar-refractivity contribution in [2.24, 2.45) is 0 Å². The van der Waals surface area contributed by atoms with Crippen LogP contribution in [0.1, 0.15) is 103 Å². The van der Waals surface area contributed by atoms with Crippen molar-refractivity contribution in [2.75, 3.05) is 0 Å². The third-order valence-corrected chi connectivity index (χ3v) is 30.7. The van der Waals surface area contributed by atoms with Crippen molar-refractivity contribution in [3.05, 3.63) is 528 Å². The van der Waals surface area contributed by atoms with Crippen LogP contribution in [0.3, 0.4) is 0 Å². The van der Waals surface area contributed by atoms with Crippen LogP contribution < -0.4 is 0 Å². The Kier molecular flexibility index (Phi) is 20.7. The standard InChI is InChI=1S/C47H34.C47H32.C46H31N/c2*1-47(2)44-22-11-10-19-40(44)41-28-25-34(30-45(41)47)46-42-20-9-8-18-37(42)38(26-23-31-13-4-3-5-14-31)39-27-24-33(29-43(39)46)36-21-12-16-32-15-6-7-17-35(32)36;1-46(2)42-17-8-7-13-36(42)37-24-23-33(27-43(37)46)45-39-15-6-5-14-38(39)44(31-20-18-29(28-47)19-21-31)40-25-22-32(26-41(40)45)35-16-9-11-30-10-3-4-12-34(30)35/h3-30H,1-2H3;3-22,24-25,27-30H,1-2H3;3-27H,1-2H3/b26-23+;;. The highest BCUT2D eigenvalue weighted by molar-refractivity contribution is 6.24. The first-order chi connectivity index (χ1) is 69.2. The summed E-state index contributed by atoms with van der Waals surface area (Å²) in [7, 11) is 0. The summed E-state index contributed by atoms with van der Waals surface area (Å²) in [4.78, 5) is 0. The van der Waals surface area contributed by atoms with Crippen LogP contribution in [0.25, 0.3) is 220 Å². The molecule has 0 unspecified atom stereocenters. The Labute approximate surface area is 823 Å². The molecule has 0 spiro atoms. The van der Waals surface area contributed by atoms with Gasteiger partial charge in [-0.05, 0) is 313 Å². The Bertz CT molecular complexity index is 9430. The Hall–Kier alpha value is -17.6. The number of rotatable bonds is 9. The van der Waals surface area contributed by atoms with E-state index in [-0.39, 0.29) is 16.2 Å².